The van der Waals surface area contributed by atoms with Crippen LogP contribution in [0, 0.1) is 0 Å². The first-order valence-electron chi connectivity index (χ1n) is 12.2. The van der Waals surface area contributed by atoms with Crippen LogP contribution in [0.2, 0.25) is 0 Å². The Morgan fingerprint density at radius 2 is 1.74 bits per heavy atom. The smallest absolute Gasteiger partial charge is 0.416 e. The molecule has 0 radical (unpaired) electrons. The first-order valence-corrected chi connectivity index (χ1v) is 12.2. The van der Waals surface area contributed by atoms with Crippen LogP contribution in [-0.2, 0) is 30.3 Å². The lowest BCUT2D eigenvalue weighted by Gasteiger charge is -2.31. The summed E-state index contributed by atoms with van der Waals surface area (Å²) < 4.78 is 45.0. The summed E-state index contributed by atoms with van der Waals surface area (Å²) in [7, 11) is 0. The van der Waals surface area contributed by atoms with Gasteiger partial charge in [-0.15, -0.1) is 4.73 Å². The van der Waals surface area contributed by atoms with Crippen LogP contribution in [0.1, 0.15) is 43.2 Å². The number of benzene rings is 2. The van der Waals surface area contributed by atoms with E-state index in [1.165, 1.54) is 17.0 Å². The Bertz CT molecular complexity index is 1330. The molecule has 2 aromatic carbocycles. The van der Waals surface area contributed by atoms with Crippen LogP contribution in [0.5, 0.6) is 5.75 Å². The zero-order chi connectivity index (χ0) is 27.5. The van der Waals surface area contributed by atoms with Gasteiger partial charge in [-0.2, -0.15) is 13.2 Å². The molecule has 1 aliphatic rings. The van der Waals surface area contributed by atoms with Gasteiger partial charge in [-0.1, -0.05) is 30.3 Å². The summed E-state index contributed by atoms with van der Waals surface area (Å²) in [6, 6.07) is 13.6. The molecular weight excluding hydrogens is 501 g/mol. The van der Waals surface area contributed by atoms with Gasteiger partial charge in [-0.3, -0.25) is 4.79 Å². The van der Waals surface area contributed by atoms with Crippen molar-refractivity contribution in [2.75, 3.05) is 18.4 Å². The number of nitrogens with one attached hydrogen (secondary N) is 1. The summed E-state index contributed by atoms with van der Waals surface area (Å²) in [4.78, 5) is 38.1. The van der Waals surface area contributed by atoms with E-state index in [1.807, 2.05) is 6.07 Å². The van der Waals surface area contributed by atoms with E-state index >= 15 is 0 Å². The van der Waals surface area contributed by atoms with Crippen LogP contribution in [0.15, 0.2) is 59.4 Å². The molecule has 0 atom stereocenters. The van der Waals surface area contributed by atoms with Crippen molar-refractivity contribution in [2.24, 2.45) is 0 Å². The Hall–Kier alpha value is -4.02. The molecule has 0 saturated heterocycles. The molecule has 0 spiro atoms. The highest BCUT2D eigenvalue weighted by atomic mass is 19.4. The number of alkyl halides is 3. The van der Waals surface area contributed by atoms with Gasteiger partial charge >= 0.3 is 12.3 Å². The molecule has 4 rings (SSSR count). The number of hydrogen-bond acceptors (Lipinski definition) is 6. The molecular formula is C27H29F3N4O4. The summed E-state index contributed by atoms with van der Waals surface area (Å²) in [6.07, 6.45) is -4.17. The molecule has 8 nitrogen and oxygen atoms in total. The fraction of sp³-hybridized carbons (Fsp3) is 0.370. The van der Waals surface area contributed by atoms with Crippen molar-refractivity contribution < 1.29 is 27.5 Å². The minimum atomic E-state index is -4.40. The highest BCUT2D eigenvalue weighted by molar-refractivity contribution is 5.68. The number of carbonyl (C=O) groups excluding carboxylic acids is 1. The van der Waals surface area contributed by atoms with Crippen molar-refractivity contribution in [2.45, 2.75) is 51.9 Å². The van der Waals surface area contributed by atoms with Crippen molar-refractivity contribution in [3.63, 3.8) is 0 Å². The number of rotatable bonds is 6. The number of nitrogens with zero attached hydrogens (tertiary/aromatic N) is 3. The van der Waals surface area contributed by atoms with Crippen LogP contribution in [0.3, 0.4) is 0 Å². The van der Waals surface area contributed by atoms with E-state index in [0.29, 0.717) is 48.5 Å². The van der Waals surface area contributed by atoms with Crippen molar-refractivity contribution in [1.82, 2.24) is 14.6 Å². The topological polar surface area (TPSA) is 85.7 Å². The van der Waals surface area contributed by atoms with Crippen molar-refractivity contribution in [3.8, 4) is 5.75 Å². The molecule has 0 unspecified atom stereocenters. The predicted octanol–water partition coefficient (Wildman–Crippen LogP) is 5.05. The number of para-hydroxylation sites is 1. The fourth-order valence-electron chi connectivity index (χ4n) is 3.90. The van der Waals surface area contributed by atoms with Gasteiger partial charge in [0, 0.05) is 19.5 Å². The highest BCUT2D eigenvalue weighted by Crippen LogP contribution is 2.29. The molecule has 1 aromatic heterocycles. The monoisotopic (exact) mass is 530 g/mol. The summed E-state index contributed by atoms with van der Waals surface area (Å²) >= 11 is 0. The molecule has 0 saturated carbocycles. The third-order valence-corrected chi connectivity index (χ3v) is 5.76. The zero-order valence-corrected chi connectivity index (χ0v) is 21.3. The third kappa shape index (κ3) is 6.64. The second-order valence-corrected chi connectivity index (χ2v) is 9.89. The second-order valence-electron chi connectivity index (χ2n) is 9.89. The number of fused-ring (bicyclic) bond motifs is 1. The molecule has 1 aliphatic heterocycles. The maximum Gasteiger partial charge on any atom is 0.416 e. The molecule has 38 heavy (non-hydrogen) atoms. The summed E-state index contributed by atoms with van der Waals surface area (Å²) in [6.45, 7) is 5.97. The summed E-state index contributed by atoms with van der Waals surface area (Å²) in [5, 5.41) is 3.08. The van der Waals surface area contributed by atoms with E-state index in [1.54, 1.807) is 45.0 Å². The maximum absolute atomic E-state index is 13.5. The quantitative estimate of drug-likeness (QED) is 0.480. The van der Waals surface area contributed by atoms with E-state index < -0.39 is 29.0 Å². The Balaban J connectivity index is 1.56. The van der Waals surface area contributed by atoms with Crippen LogP contribution >= 0.6 is 0 Å². The van der Waals surface area contributed by atoms with Gasteiger partial charge in [0.25, 0.3) is 5.56 Å². The Morgan fingerprint density at radius 3 is 2.37 bits per heavy atom. The van der Waals surface area contributed by atoms with E-state index in [9.17, 15) is 22.8 Å². The van der Waals surface area contributed by atoms with Crippen LogP contribution in [0.25, 0.3) is 0 Å². The SMILES string of the molecule is CC(C)(C)OC(=O)N1CCc2nc(NCCc3ccc(C(F)(F)F)cc3)n(Oc3ccccc3)c(=O)c2C1. The van der Waals surface area contributed by atoms with E-state index in [-0.39, 0.29) is 12.5 Å². The van der Waals surface area contributed by atoms with Crippen LogP contribution in [-0.4, -0.2) is 39.4 Å². The minimum Gasteiger partial charge on any atom is -0.444 e. The Labute approximate surface area is 218 Å². The van der Waals surface area contributed by atoms with Gasteiger partial charge in [-0.05, 0) is 57.0 Å². The van der Waals surface area contributed by atoms with E-state index in [2.05, 4.69) is 10.3 Å². The number of aromatic nitrogens is 2. The number of hydrogen-bond donors (Lipinski definition) is 1. The van der Waals surface area contributed by atoms with Crippen LogP contribution in [0.4, 0.5) is 23.9 Å². The molecule has 2 heterocycles. The number of amides is 1. The first kappa shape index (κ1) is 27.0. The first-order chi connectivity index (χ1) is 17.9. The Morgan fingerprint density at radius 1 is 1.05 bits per heavy atom. The molecule has 11 heteroatoms. The lowest BCUT2D eigenvalue weighted by atomic mass is 10.1. The number of ether oxygens (including phenoxy) is 1. The molecule has 0 fully saturated rings. The van der Waals surface area contributed by atoms with Crippen LogP contribution < -0.4 is 15.7 Å². The van der Waals surface area contributed by atoms with Gasteiger partial charge in [0.05, 0.1) is 23.4 Å². The Kier molecular flexibility index (Phi) is 7.66. The number of carbonyl (C=O) groups is 1. The van der Waals surface area contributed by atoms with Crippen molar-refractivity contribution in [1.29, 1.82) is 0 Å². The average molecular weight is 531 g/mol. The van der Waals surface area contributed by atoms with E-state index in [0.717, 1.165) is 16.9 Å². The van der Waals surface area contributed by atoms with Gasteiger partial charge in [-0.25, -0.2) is 9.78 Å². The molecule has 1 N–H and O–H groups in total. The number of anilines is 1. The van der Waals surface area contributed by atoms with Gasteiger partial charge in [0.2, 0.25) is 5.95 Å². The second kappa shape index (κ2) is 10.8. The zero-order valence-electron chi connectivity index (χ0n) is 21.3. The molecule has 202 valence electrons. The van der Waals surface area contributed by atoms with Gasteiger partial charge in [0.15, 0.2) is 5.75 Å². The molecule has 3 aromatic rings. The van der Waals surface area contributed by atoms with E-state index in [4.69, 9.17) is 9.57 Å². The van der Waals surface area contributed by atoms with Gasteiger partial charge < -0.3 is 19.8 Å². The molecule has 0 aliphatic carbocycles. The summed E-state index contributed by atoms with van der Waals surface area (Å²) in [5.41, 5.74) is -0.298. The predicted molar refractivity (Wildman–Crippen MR) is 135 cm³/mol. The highest BCUT2D eigenvalue weighted by Gasteiger charge is 2.31. The standard InChI is InChI=1S/C27H29F3N4O4/c1-26(2,3)37-25(36)33-16-14-22-21(17-33)23(35)34(38-20-7-5-4-6-8-20)24(32-22)31-15-13-18-9-11-19(12-10-18)27(28,29)30/h4-12H,13-17H2,1-3H3,(H,31,32). The van der Waals surface area contributed by atoms with Crippen molar-refractivity contribution in [3.05, 3.63) is 87.3 Å². The lowest BCUT2D eigenvalue weighted by molar-refractivity contribution is -0.137. The number of halogens is 3. The maximum atomic E-state index is 13.5. The normalized spacial score (nSPS) is 13.6. The fourth-order valence-corrected chi connectivity index (χ4v) is 3.90. The van der Waals surface area contributed by atoms with Gasteiger partial charge in [0.1, 0.15) is 5.60 Å². The molecule has 0 bridgehead atoms. The average Bonchev–Trinajstić information content (AvgIpc) is 2.85. The summed E-state index contributed by atoms with van der Waals surface area (Å²) in [5.74, 6) is 0.567. The van der Waals surface area contributed by atoms with Crippen molar-refractivity contribution >= 4 is 12.0 Å². The third-order valence-electron chi connectivity index (χ3n) is 5.76. The molecule has 1 amide bonds. The minimum absolute atomic E-state index is 0.0278. The lowest BCUT2D eigenvalue weighted by Crippen LogP contribution is -2.44. The largest absolute Gasteiger partial charge is 0.444 e.